The Bertz CT molecular complexity index is 604. The maximum atomic E-state index is 13.4. The minimum atomic E-state index is -3.00. The number of nitrogens with two attached hydrogens (primary N) is 1. The van der Waals surface area contributed by atoms with Gasteiger partial charge in [-0.05, 0) is 51.3 Å². The predicted molar refractivity (Wildman–Crippen MR) is 70.6 cm³/mol. The van der Waals surface area contributed by atoms with Crippen LogP contribution >= 0.6 is 15.9 Å². The molecule has 2 N–H and O–H groups in total. The van der Waals surface area contributed by atoms with Crippen molar-refractivity contribution in [2.45, 2.75) is 6.61 Å². The van der Waals surface area contributed by atoms with E-state index in [0.29, 0.717) is 21.3 Å². The SMILES string of the molecule is Nc1cc(-c2cc(F)cc(OC(F)F)c2)ccc1Br. The van der Waals surface area contributed by atoms with E-state index in [0.717, 1.165) is 6.07 Å². The number of alkyl halides is 2. The molecule has 0 fully saturated rings. The number of benzene rings is 2. The fraction of sp³-hybridized carbons (Fsp3) is 0.0769. The third-order valence-corrected chi connectivity index (χ3v) is 3.15. The summed E-state index contributed by atoms with van der Waals surface area (Å²) in [5, 5.41) is 0. The van der Waals surface area contributed by atoms with Gasteiger partial charge in [-0.3, -0.25) is 0 Å². The Morgan fingerprint density at radius 1 is 1.05 bits per heavy atom. The Morgan fingerprint density at radius 2 is 1.79 bits per heavy atom. The second-order valence-electron chi connectivity index (χ2n) is 3.79. The summed E-state index contributed by atoms with van der Waals surface area (Å²) in [6.07, 6.45) is 0. The first-order chi connectivity index (χ1) is 8.95. The van der Waals surface area contributed by atoms with Crippen molar-refractivity contribution in [3.63, 3.8) is 0 Å². The van der Waals surface area contributed by atoms with Crippen LogP contribution in [0.15, 0.2) is 40.9 Å². The van der Waals surface area contributed by atoms with E-state index in [1.807, 2.05) is 0 Å². The van der Waals surface area contributed by atoms with Crippen molar-refractivity contribution in [2.24, 2.45) is 0 Å². The van der Waals surface area contributed by atoms with Gasteiger partial charge in [0.1, 0.15) is 11.6 Å². The zero-order chi connectivity index (χ0) is 14.0. The average Bonchev–Trinajstić information content (AvgIpc) is 2.31. The van der Waals surface area contributed by atoms with Crippen molar-refractivity contribution in [3.8, 4) is 16.9 Å². The lowest BCUT2D eigenvalue weighted by Crippen LogP contribution is -2.02. The lowest BCUT2D eigenvalue weighted by molar-refractivity contribution is -0.0499. The van der Waals surface area contributed by atoms with Gasteiger partial charge in [-0.1, -0.05) is 6.07 Å². The number of rotatable bonds is 3. The molecular weight excluding hydrogens is 323 g/mol. The molecule has 0 heterocycles. The Hall–Kier alpha value is -1.69. The summed E-state index contributed by atoms with van der Waals surface area (Å²) >= 11 is 3.24. The van der Waals surface area contributed by atoms with Crippen LogP contribution in [-0.2, 0) is 0 Å². The molecule has 100 valence electrons. The summed E-state index contributed by atoms with van der Waals surface area (Å²) in [5.41, 5.74) is 7.22. The van der Waals surface area contributed by atoms with E-state index < -0.39 is 12.4 Å². The molecule has 6 heteroatoms. The number of halogens is 4. The molecular formula is C13H9BrF3NO. The molecule has 0 radical (unpaired) electrons. The van der Waals surface area contributed by atoms with Gasteiger partial charge < -0.3 is 10.5 Å². The van der Waals surface area contributed by atoms with Gasteiger partial charge in [0.15, 0.2) is 0 Å². The largest absolute Gasteiger partial charge is 0.435 e. The normalized spacial score (nSPS) is 10.8. The molecule has 0 spiro atoms. The van der Waals surface area contributed by atoms with Crippen molar-refractivity contribution in [1.82, 2.24) is 0 Å². The van der Waals surface area contributed by atoms with Crippen LogP contribution < -0.4 is 10.5 Å². The molecule has 0 aliphatic heterocycles. The van der Waals surface area contributed by atoms with Crippen LogP contribution in [0.2, 0.25) is 0 Å². The quantitative estimate of drug-likeness (QED) is 0.844. The number of hydrogen-bond acceptors (Lipinski definition) is 2. The minimum Gasteiger partial charge on any atom is -0.435 e. The zero-order valence-corrected chi connectivity index (χ0v) is 11.1. The van der Waals surface area contributed by atoms with Crippen LogP contribution in [0.4, 0.5) is 18.9 Å². The molecule has 0 aromatic heterocycles. The molecule has 2 aromatic carbocycles. The molecule has 2 nitrogen and oxygen atoms in total. The first kappa shape index (κ1) is 13.7. The predicted octanol–water partition coefficient (Wildman–Crippen LogP) is 4.44. The minimum absolute atomic E-state index is 0.230. The Kier molecular flexibility index (Phi) is 3.99. The third kappa shape index (κ3) is 3.41. The molecule has 0 aliphatic carbocycles. The first-order valence-corrected chi connectivity index (χ1v) is 6.06. The van der Waals surface area contributed by atoms with Crippen molar-refractivity contribution in [1.29, 1.82) is 0 Å². The molecule has 0 aliphatic rings. The monoisotopic (exact) mass is 331 g/mol. The number of anilines is 1. The van der Waals surface area contributed by atoms with Crippen LogP contribution in [0.3, 0.4) is 0 Å². The fourth-order valence-corrected chi connectivity index (χ4v) is 1.87. The summed E-state index contributed by atoms with van der Waals surface area (Å²) in [7, 11) is 0. The molecule has 2 rings (SSSR count). The molecule has 0 bridgehead atoms. The van der Waals surface area contributed by atoms with E-state index in [1.165, 1.54) is 12.1 Å². The highest BCUT2D eigenvalue weighted by atomic mass is 79.9. The molecule has 2 aromatic rings. The summed E-state index contributed by atoms with van der Waals surface area (Å²) in [6.45, 7) is -3.00. The van der Waals surface area contributed by atoms with Gasteiger partial charge in [-0.2, -0.15) is 8.78 Å². The van der Waals surface area contributed by atoms with E-state index in [9.17, 15) is 13.2 Å². The maximum Gasteiger partial charge on any atom is 0.387 e. The summed E-state index contributed by atoms with van der Waals surface area (Å²) in [6, 6.07) is 8.46. The second kappa shape index (κ2) is 5.52. The summed E-state index contributed by atoms with van der Waals surface area (Å²) in [5.74, 6) is -0.888. The van der Waals surface area contributed by atoms with Crippen molar-refractivity contribution >= 4 is 21.6 Å². The van der Waals surface area contributed by atoms with Crippen molar-refractivity contribution in [2.75, 3.05) is 5.73 Å². The lowest BCUT2D eigenvalue weighted by atomic mass is 10.0. The summed E-state index contributed by atoms with van der Waals surface area (Å²) in [4.78, 5) is 0. The number of hydrogen-bond donors (Lipinski definition) is 1. The number of nitrogen functional groups attached to an aromatic ring is 1. The Balaban J connectivity index is 2.43. The van der Waals surface area contributed by atoms with Crippen LogP contribution in [0.25, 0.3) is 11.1 Å². The van der Waals surface area contributed by atoms with Crippen molar-refractivity contribution in [3.05, 3.63) is 46.7 Å². The topological polar surface area (TPSA) is 35.2 Å². The Labute approximate surface area is 116 Å². The number of ether oxygens (including phenoxy) is 1. The highest BCUT2D eigenvalue weighted by Crippen LogP contribution is 2.30. The maximum absolute atomic E-state index is 13.4. The van der Waals surface area contributed by atoms with Gasteiger partial charge in [0.05, 0.1) is 0 Å². The van der Waals surface area contributed by atoms with E-state index in [-0.39, 0.29) is 5.75 Å². The van der Waals surface area contributed by atoms with E-state index in [1.54, 1.807) is 18.2 Å². The van der Waals surface area contributed by atoms with Gasteiger partial charge in [-0.25, -0.2) is 4.39 Å². The first-order valence-electron chi connectivity index (χ1n) is 5.26. The molecule has 0 saturated heterocycles. The third-order valence-electron chi connectivity index (χ3n) is 2.43. The summed E-state index contributed by atoms with van der Waals surface area (Å²) < 4.78 is 42.5. The average molecular weight is 332 g/mol. The van der Waals surface area contributed by atoms with Crippen LogP contribution in [0.5, 0.6) is 5.75 Å². The standard InChI is InChI=1S/C13H9BrF3NO/c14-11-2-1-7(5-12(11)18)8-3-9(15)6-10(4-8)19-13(16)17/h1-6,13H,18H2. The highest BCUT2D eigenvalue weighted by Gasteiger charge is 2.09. The Morgan fingerprint density at radius 3 is 2.42 bits per heavy atom. The van der Waals surface area contributed by atoms with Gasteiger partial charge in [0.2, 0.25) is 0 Å². The molecule has 19 heavy (non-hydrogen) atoms. The zero-order valence-electron chi connectivity index (χ0n) is 9.54. The van der Waals surface area contributed by atoms with Gasteiger partial charge in [-0.15, -0.1) is 0 Å². The van der Waals surface area contributed by atoms with E-state index >= 15 is 0 Å². The van der Waals surface area contributed by atoms with Crippen molar-refractivity contribution < 1.29 is 17.9 Å². The van der Waals surface area contributed by atoms with E-state index in [2.05, 4.69) is 20.7 Å². The molecule has 0 atom stereocenters. The molecule has 0 unspecified atom stereocenters. The van der Waals surface area contributed by atoms with Gasteiger partial charge in [0.25, 0.3) is 0 Å². The van der Waals surface area contributed by atoms with E-state index in [4.69, 9.17) is 5.73 Å². The van der Waals surface area contributed by atoms with Gasteiger partial charge in [0, 0.05) is 16.2 Å². The molecule has 0 amide bonds. The fourth-order valence-electron chi connectivity index (χ4n) is 1.62. The smallest absolute Gasteiger partial charge is 0.387 e. The highest BCUT2D eigenvalue weighted by molar-refractivity contribution is 9.10. The lowest BCUT2D eigenvalue weighted by Gasteiger charge is -2.09. The van der Waals surface area contributed by atoms with Crippen LogP contribution in [-0.4, -0.2) is 6.61 Å². The van der Waals surface area contributed by atoms with Crippen LogP contribution in [0, 0.1) is 5.82 Å². The molecule has 0 saturated carbocycles. The second-order valence-corrected chi connectivity index (χ2v) is 4.64. The van der Waals surface area contributed by atoms with Crippen LogP contribution in [0.1, 0.15) is 0 Å². The van der Waals surface area contributed by atoms with Gasteiger partial charge >= 0.3 is 6.61 Å².